The third-order valence-corrected chi connectivity index (χ3v) is 3.64. The number of urea groups is 1. The molecule has 1 aromatic carbocycles. The molecule has 0 saturated carbocycles. The molecule has 1 fully saturated rings. The molecule has 1 aliphatic rings. The molecular formula is C16H15N3O3. The van der Waals surface area contributed by atoms with E-state index in [2.05, 4.69) is 4.98 Å². The summed E-state index contributed by atoms with van der Waals surface area (Å²) < 4.78 is 0. The SMILES string of the molecule is O=C(O)c1ccc(N2CCN(Cc3ccncc3)C2=O)cc1. The second kappa shape index (κ2) is 5.85. The zero-order valence-corrected chi connectivity index (χ0v) is 11.8. The molecule has 0 spiro atoms. The lowest BCUT2D eigenvalue weighted by Gasteiger charge is -2.18. The molecule has 2 amide bonds. The maximum atomic E-state index is 12.4. The van der Waals surface area contributed by atoms with E-state index in [0.717, 1.165) is 5.56 Å². The molecule has 2 aromatic rings. The van der Waals surface area contributed by atoms with Crippen LogP contribution in [0.25, 0.3) is 0 Å². The van der Waals surface area contributed by atoms with Crippen molar-refractivity contribution in [3.63, 3.8) is 0 Å². The molecule has 0 unspecified atom stereocenters. The summed E-state index contributed by atoms with van der Waals surface area (Å²) in [4.78, 5) is 30.7. The highest BCUT2D eigenvalue weighted by Gasteiger charge is 2.29. The molecule has 1 aliphatic heterocycles. The topological polar surface area (TPSA) is 73.7 Å². The van der Waals surface area contributed by atoms with Crippen LogP contribution in [0.1, 0.15) is 15.9 Å². The fourth-order valence-electron chi connectivity index (χ4n) is 2.46. The van der Waals surface area contributed by atoms with Crippen molar-refractivity contribution in [3.8, 4) is 0 Å². The van der Waals surface area contributed by atoms with Gasteiger partial charge in [0, 0.05) is 37.7 Å². The van der Waals surface area contributed by atoms with Crippen LogP contribution in [0.2, 0.25) is 0 Å². The maximum Gasteiger partial charge on any atom is 0.335 e. The van der Waals surface area contributed by atoms with Gasteiger partial charge in [-0.2, -0.15) is 0 Å². The van der Waals surface area contributed by atoms with Gasteiger partial charge in [-0.25, -0.2) is 9.59 Å². The number of amides is 2. The third-order valence-electron chi connectivity index (χ3n) is 3.64. The van der Waals surface area contributed by atoms with Crippen LogP contribution in [-0.4, -0.2) is 40.1 Å². The van der Waals surface area contributed by atoms with Crippen molar-refractivity contribution in [2.24, 2.45) is 0 Å². The van der Waals surface area contributed by atoms with Crippen LogP contribution in [0.4, 0.5) is 10.5 Å². The first-order valence-electron chi connectivity index (χ1n) is 6.94. The molecule has 0 radical (unpaired) electrons. The number of carbonyl (C=O) groups excluding carboxylic acids is 1. The Hall–Kier alpha value is -2.89. The summed E-state index contributed by atoms with van der Waals surface area (Å²) in [5.41, 5.74) is 1.96. The van der Waals surface area contributed by atoms with Gasteiger partial charge in [0.05, 0.1) is 5.56 Å². The van der Waals surface area contributed by atoms with Crippen LogP contribution in [-0.2, 0) is 6.54 Å². The minimum Gasteiger partial charge on any atom is -0.478 e. The van der Waals surface area contributed by atoms with Crippen molar-refractivity contribution in [2.75, 3.05) is 18.0 Å². The predicted molar refractivity (Wildman–Crippen MR) is 80.8 cm³/mol. The van der Waals surface area contributed by atoms with Gasteiger partial charge in [-0.1, -0.05) is 0 Å². The van der Waals surface area contributed by atoms with Gasteiger partial charge in [0.25, 0.3) is 0 Å². The van der Waals surface area contributed by atoms with Crippen LogP contribution in [0, 0.1) is 0 Å². The number of hydrogen-bond acceptors (Lipinski definition) is 3. The van der Waals surface area contributed by atoms with E-state index in [4.69, 9.17) is 5.11 Å². The summed E-state index contributed by atoms with van der Waals surface area (Å²) in [5, 5.41) is 8.91. The summed E-state index contributed by atoms with van der Waals surface area (Å²) in [6.45, 7) is 1.78. The maximum absolute atomic E-state index is 12.4. The second-order valence-electron chi connectivity index (χ2n) is 5.06. The van der Waals surface area contributed by atoms with E-state index in [-0.39, 0.29) is 11.6 Å². The monoisotopic (exact) mass is 297 g/mol. The van der Waals surface area contributed by atoms with Gasteiger partial charge in [-0.3, -0.25) is 9.88 Å². The van der Waals surface area contributed by atoms with Crippen LogP contribution in [0.15, 0.2) is 48.8 Å². The zero-order valence-electron chi connectivity index (χ0n) is 11.8. The smallest absolute Gasteiger partial charge is 0.335 e. The van der Waals surface area contributed by atoms with Gasteiger partial charge in [0.15, 0.2) is 0 Å². The molecular weight excluding hydrogens is 282 g/mol. The van der Waals surface area contributed by atoms with Gasteiger partial charge < -0.3 is 10.0 Å². The predicted octanol–water partition coefficient (Wildman–Crippen LogP) is 2.22. The van der Waals surface area contributed by atoms with E-state index >= 15 is 0 Å². The molecule has 0 bridgehead atoms. The average Bonchev–Trinajstić information content (AvgIpc) is 2.89. The lowest BCUT2D eigenvalue weighted by molar-refractivity contribution is 0.0697. The fraction of sp³-hybridized carbons (Fsp3) is 0.188. The lowest BCUT2D eigenvalue weighted by Crippen LogP contribution is -2.31. The first kappa shape index (κ1) is 14.1. The Labute approximate surface area is 127 Å². The summed E-state index contributed by atoms with van der Waals surface area (Å²) in [6, 6.07) is 10.1. The number of carboxylic acids is 1. The first-order chi connectivity index (χ1) is 10.6. The molecule has 22 heavy (non-hydrogen) atoms. The number of aromatic nitrogens is 1. The van der Waals surface area contributed by atoms with Gasteiger partial charge in [-0.05, 0) is 42.0 Å². The first-order valence-corrected chi connectivity index (χ1v) is 6.94. The molecule has 0 aliphatic carbocycles. The van der Waals surface area contributed by atoms with Crippen molar-refractivity contribution in [1.82, 2.24) is 9.88 Å². The Bertz CT molecular complexity index is 686. The molecule has 1 saturated heterocycles. The quantitative estimate of drug-likeness (QED) is 0.939. The Kier molecular flexibility index (Phi) is 3.74. The minimum atomic E-state index is -0.974. The summed E-state index contributed by atoms with van der Waals surface area (Å²) in [5.74, 6) is -0.974. The minimum absolute atomic E-state index is 0.0695. The Balaban J connectivity index is 1.72. The number of rotatable bonds is 4. The number of carboxylic acid groups (broad SMARTS) is 1. The van der Waals surface area contributed by atoms with Gasteiger partial charge >= 0.3 is 12.0 Å². The van der Waals surface area contributed by atoms with Gasteiger partial charge in [0.1, 0.15) is 0 Å². The number of aromatic carboxylic acids is 1. The van der Waals surface area contributed by atoms with E-state index in [9.17, 15) is 9.59 Å². The van der Waals surface area contributed by atoms with Crippen molar-refractivity contribution >= 4 is 17.7 Å². The molecule has 1 N–H and O–H groups in total. The van der Waals surface area contributed by atoms with Crippen molar-refractivity contribution < 1.29 is 14.7 Å². The second-order valence-corrected chi connectivity index (χ2v) is 5.06. The van der Waals surface area contributed by atoms with E-state index in [1.165, 1.54) is 12.1 Å². The van der Waals surface area contributed by atoms with E-state index in [1.807, 2.05) is 12.1 Å². The number of hydrogen-bond donors (Lipinski definition) is 1. The highest BCUT2D eigenvalue weighted by Crippen LogP contribution is 2.22. The molecule has 1 aromatic heterocycles. The van der Waals surface area contributed by atoms with Crippen LogP contribution in [0.3, 0.4) is 0 Å². The van der Waals surface area contributed by atoms with Crippen LogP contribution >= 0.6 is 0 Å². The van der Waals surface area contributed by atoms with E-state index in [1.54, 1.807) is 34.3 Å². The number of nitrogens with zero attached hydrogens (tertiary/aromatic N) is 3. The van der Waals surface area contributed by atoms with E-state index < -0.39 is 5.97 Å². The largest absolute Gasteiger partial charge is 0.478 e. The molecule has 2 heterocycles. The highest BCUT2D eigenvalue weighted by atomic mass is 16.4. The van der Waals surface area contributed by atoms with Crippen LogP contribution in [0.5, 0.6) is 0 Å². The molecule has 6 nitrogen and oxygen atoms in total. The van der Waals surface area contributed by atoms with Gasteiger partial charge in [0.2, 0.25) is 0 Å². The molecule has 6 heteroatoms. The Morgan fingerprint density at radius 2 is 1.77 bits per heavy atom. The summed E-state index contributed by atoms with van der Waals surface area (Å²) in [6.07, 6.45) is 3.41. The van der Waals surface area contributed by atoms with Crippen LogP contribution < -0.4 is 4.90 Å². The van der Waals surface area contributed by atoms with Gasteiger partial charge in [-0.15, -0.1) is 0 Å². The Morgan fingerprint density at radius 1 is 1.09 bits per heavy atom. The molecule has 112 valence electrons. The molecule has 3 rings (SSSR count). The van der Waals surface area contributed by atoms with Crippen molar-refractivity contribution in [2.45, 2.75) is 6.54 Å². The molecule has 0 atom stereocenters. The van der Waals surface area contributed by atoms with Crippen molar-refractivity contribution in [3.05, 3.63) is 59.9 Å². The number of anilines is 1. The standard InChI is InChI=1S/C16H15N3O3/c20-15(21)13-1-3-14(4-2-13)19-10-9-18(16(19)22)11-12-5-7-17-8-6-12/h1-8H,9-11H2,(H,20,21). The van der Waals surface area contributed by atoms with Crippen molar-refractivity contribution in [1.29, 1.82) is 0 Å². The number of pyridine rings is 1. The fourth-order valence-corrected chi connectivity index (χ4v) is 2.46. The normalized spacial score (nSPS) is 14.5. The highest BCUT2D eigenvalue weighted by molar-refractivity contribution is 5.95. The summed E-state index contributed by atoms with van der Waals surface area (Å²) >= 11 is 0. The Morgan fingerprint density at radius 3 is 2.41 bits per heavy atom. The van der Waals surface area contributed by atoms with E-state index in [0.29, 0.717) is 25.3 Å². The zero-order chi connectivity index (χ0) is 15.5. The average molecular weight is 297 g/mol. The third kappa shape index (κ3) is 2.76. The summed E-state index contributed by atoms with van der Waals surface area (Å²) in [7, 11) is 0. The lowest BCUT2D eigenvalue weighted by atomic mass is 10.2. The number of benzene rings is 1. The number of carbonyl (C=O) groups is 2.